The van der Waals surface area contributed by atoms with Crippen LogP contribution >= 0.6 is 0 Å². The van der Waals surface area contributed by atoms with Crippen molar-refractivity contribution in [2.24, 2.45) is 5.73 Å². The normalized spacial score (nSPS) is 21.9. The Balaban J connectivity index is 2.48. The molecule has 0 bridgehead atoms. The molecule has 1 aromatic heterocycles. The summed E-state index contributed by atoms with van der Waals surface area (Å²) in [5.74, 6) is 2.64. The molecule has 0 spiro atoms. The number of carbonyl (C=O) groups is 1. The number of amides is 1. The van der Waals surface area contributed by atoms with Crippen LogP contribution < -0.4 is 5.73 Å². The molecule has 1 fully saturated rings. The average Bonchev–Trinajstić information content (AvgIpc) is 3.25. The van der Waals surface area contributed by atoms with Gasteiger partial charge in [0.25, 0.3) is 5.91 Å². The standard InChI is InChI=1S/C26H49N3O4Si3/c1-25(2,3)35(10,11)31-17-19-16-21(33-36(12,13)26(4,5)6)24(32-19)29-18-28-22(23(27)30)20(29)14-15-34(7,8)9/h18-19,21,24H,16-17H2,1-13H3,(H2,27,30)/t19-,21+,24+/m0/s1. The molecule has 2 N–H and O–H groups in total. The maximum atomic E-state index is 12.2. The van der Waals surface area contributed by atoms with Gasteiger partial charge in [-0.1, -0.05) is 67.1 Å². The summed E-state index contributed by atoms with van der Waals surface area (Å²) in [7, 11) is -5.76. The van der Waals surface area contributed by atoms with Gasteiger partial charge in [-0.2, -0.15) is 0 Å². The Bertz CT molecular complexity index is 1000. The van der Waals surface area contributed by atoms with Gasteiger partial charge in [0.15, 0.2) is 28.6 Å². The van der Waals surface area contributed by atoms with Crippen molar-refractivity contribution in [2.75, 3.05) is 6.61 Å². The third-order valence-electron chi connectivity index (χ3n) is 7.69. The Kier molecular flexibility index (Phi) is 9.04. The largest absolute Gasteiger partial charge is 0.414 e. The van der Waals surface area contributed by atoms with Crippen LogP contribution in [0.15, 0.2) is 6.33 Å². The van der Waals surface area contributed by atoms with Crippen LogP contribution in [0.4, 0.5) is 0 Å². The van der Waals surface area contributed by atoms with Crippen LogP contribution in [0.1, 0.15) is 70.4 Å². The van der Waals surface area contributed by atoms with Crippen molar-refractivity contribution in [3.63, 3.8) is 0 Å². The minimum Gasteiger partial charge on any atom is -0.414 e. The van der Waals surface area contributed by atoms with Crippen molar-refractivity contribution in [1.29, 1.82) is 0 Å². The molecule has 0 saturated carbocycles. The van der Waals surface area contributed by atoms with Gasteiger partial charge in [-0.3, -0.25) is 9.36 Å². The molecule has 36 heavy (non-hydrogen) atoms. The maximum Gasteiger partial charge on any atom is 0.270 e. The van der Waals surface area contributed by atoms with E-state index in [0.717, 1.165) is 0 Å². The minimum atomic E-state index is -2.11. The van der Waals surface area contributed by atoms with Gasteiger partial charge < -0.3 is 19.3 Å². The summed E-state index contributed by atoms with van der Waals surface area (Å²) < 4.78 is 21.9. The Morgan fingerprint density at radius 1 is 1.08 bits per heavy atom. The van der Waals surface area contributed by atoms with E-state index in [2.05, 4.69) is 104 Å². The lowest BCUT2D eigenvalue weighted by Gasteiger charge is -2.39. The molecular formula is C26H49N3O4Si3. The van der Waals surface area contributed by atoms with Crippen LogP contribution in [0.5, 0.6) is 0 Å². The predicted molar refractivity (Wildman–Crippen MR) is 155 cm³/mol. The lowest BCUT2D eigenvalue weighted by atomic mass is 10.2. The van der Waals surface area contributed by atoms with Gasteiger partial charge in [0.05, 0.1) is 25.1 Å². The number of rotatable bonds is 7. The lowest BCUT2D eigenvalue weighted by Crippen LogP contribution is -2.45. The molecule has 0 aromatic carbocycles. The smallest absolute Gasteiger partial charge is 0.270 e. The molecule has 2 rings (SSSR count). The van der Waals surface area contributed by atoms with Gasteiger partial charge >= 0.3 is 0 Å². The van der Waals surface area contributed by atoms with E-state index >= 15 is 0 Å². The zero-order valence-corrected chi connectivity index (χ0v) is 27.8. The Hall–Kier alpha value is -1.23. The summed E-state index contributed by atoms with van der Waals surface area (Å²) in [6.07, 6.45) is 1.53. The zero-order chi connectivity index (χ0) is 27.9. The number of ether oxygens (including phenoxy) is 1. The van der Waals surface area contributed by atoms with Crippen LogP contribution in [0.25, 0.3) is 0 Å². The first-order chi connectivity index (χ1) is 16.1. The first-order valence-electron chi connectivity index (χ1n) is 12.9. The van der Waals surface area contributed by atoms with E-state index in [9.17, 15) is 4.79 Å². The monoisotopic (exact) mass is 551 g/mol. The van der Waals surface area contributed by atoms with Crippen LogP contribution in [-0.4, -0.2) is 59.0 Å². The Morgan fingerprint density at radius 3 is 2.11 bits per heavy atom. The second kappa shape index (κ2) is 10.5. The maximum absolute atomic E-state index is 12.2. The number of imidazole rings is 1. The van der Waals surface area contributed by atoms with Crippen molar-refractivity contribution in [2.45, 2.75) is 122 Å². The predicted octanol–water partition coefficient (Wildman–Crippen LogP) is 5.91. The van der Waals surface area contributed by atoms with Crippen molar-refractivity contribution in [3.8, 4) is 11.5 Å². The number of primary amides is 1. The van der Waals surface area contributed by atoms with Crippen LogP contribution in [0, 0.1) is 11.5 Å². The number of nitrogens with zero attached hydrogens (tertiary/aromatic N) is 2. The van der Waals surface area contributed by atoms with E-state index in [0.29, 0.717) is 18.7 Å². The van der Waals surface area contributed by atoms with Crippen LogP contribution in [-0.2, 0) is 13.6 Å². The highest BCUT2D eigenvalue weighted by Gasteiger charge is 2.47. The molecule has 0 radical (unpaired) electrons. The first kappa shape index (κ1) is 31.0. The average molecular weight is 552 g/mol. The molecule has 7 nitrogen and oxygen atoms in total. The van der Waals surface area contributed by atoms with Gasteiger partial charge in [0.2, 0.25) is 0 Å². The molecule has 2 heterocycles. The number of nitrogens with two attached hydrogens (primary N) is 1. The third kappa shape index (κ3) is 7.42. The fraction of sp³-hybridized carbons (Fsp3) is 0.769. The van der Waals surface area contributed by atoms with Gasteiger partial charge in [-0.15, -0.1) is 5.54 Å². The third-order valence-corrected chi connectivity index (χ3v) is 17.6. The highest BCUT2D eigenvalue weighted by Crippen LogP contribution is 2.43. The number of hydrogen-bond acceptors (Lipinski definition) is 5. The van der Waals surface area contributed by atoms with E-state index in [-0.39, 0.29) is 28.0 Å². The molecule has 3 atom stereocenters. The number of hydrogen-bond donors (Lipinski definition) is 1. The van der Waals surface area contributed by atoms with Crippen molar-refractivity contribution in [1.82, 2.24) is 9.55 Å². The molecule has 1 aromatic rings. The topological polar surface area (TPSA) is 88.6 Å². The first-order valence-corrected chi connectivity index (χ1v) is 22.2. The molecule has 204 valence electrons. The van der Waals surface area contributed by atoms with E-state index in [4.69, 9.17) is 19.3 Å². The zero-order valence-electron chi connectivity index (χ0n) is 24.8. The molecule has 0 unspecified atom stereocenters. The van der Waals surface area contributed by atoms with E-state index in [1.54, 1.807) is 6.33 Å². The second-order valence-corrected chi connectivity index (χ2v) is 28.4. The van der Waals surface area contributed by atoms with E-state index < -0.39 is 36.8 Å². The summed E-state index contributed by atoms with van der Waals surface area (Å²) in [6, 6.07) is 0. The quantitative estimate of drug-likeness (QED) is 0.336. The van der Waals surface area contributed by atoms with Gasteiger partial charge in [-0.05, 0) is 36.3 Å². The molecule has 1 saturated heterocycles. The molecule has 1 aliphatic heterocycles. The summed E-state index contributed by atoms with van der Waals surface area (Å²) in [6.45, 7) is 29.4. The Labute approximate surface area is 222 Å². The highest BCUT2D eigenvalue weighted by molar-refractivity contribution is 6.83. The van der Waals surface area contributed by atoms with E-state index in [1.807, 2.05) is 4.57 Å². The Morgan fingerprint density at radius 2 is 1.64 bits per heavy atom. The van der Waals surface area contributed by atoms with Gasteiger partial charge in [0.1, 0.15) is 13.8 Å². The number of carbonyl (C=O) groups excluding carboxylic acids is 1. The highest BCUT2D eigenvalue weighted by atomic mass is 28.4. The van der Waals surface area contributed by atoms with Crippen LogP contribution in [0.2, 0.25) is 55.9 Å². The fourth-order valence-corrected chi connectivity index (χ4v) is 6.20. The summed E-state index contributed by atoms with van der Waals surface area (Å²) >= 11 is 0. The SMILES string of the molecule is CC(C)(C)[Si](C)(C)OC[C@@H]1C[C@@H](O[Si](C)(C)C(C)(C)C)[C@H](n2cnc(C(N)=O)c2C#C[Si](C)(C)C)O1. The minimum absolute atomic E-state index is 0.0427. The van der Waals surface area contributed by atoms with Crippen LogP contribution in [0.3, 0.4) is 0 Å². The number of aromatic nitrogens is 2. The fourth-order valence-electron chi connectivity index (χ4n) is 3.35. The molecular weight excluding hydrogens is 503 g/mol. The molecule has 10 heteroatoms. The summed E-state index contributed by atoms with van der Waals surface area (Å²) in [4.78, 5) is 16.5. The van der Waals surface area contributed by atoms with Crippen molar-refractivity contribution in [3.05, 3.63) is 17.7 Å². The lowest BCUT2D eigenvalue weighted by molar-refractivity contribution is -0.0466. The van der Waals surface area contributed by atoms with Gasteiger partial charge in [0, 0.05) is 6.42 Å². The molecule has 1 amide bonds. The van der Waals surface area contributed by atoms with Crippen molar-refractivity contribution >= 4 is 30.6 Å². The second-order valence-electron chi connectivity index (χ2n) is 14.1. The van der Waals surface area contributed by atoms with E-state index in [1.165, 1.54) is 0 Å². The molecule has 0 aliphatic carbocycles. The van der Waals surface area contributed by atoms with Gasteiger partial charge in [-0.25, -0.2) is 4.98 Å². The summed E-state index contributed by atoms with van der Waals surface area (Å²) in [5, 5.41) is 0.156. The summed E-state index contributed by atoms with van der Waals surface area (Å²) in [5.41, 5.74) is 9.71. The molecule has 1 aliphatic rings. The van der Waals surface area contributed by atoms with Crippen molar-refractivity contribution < 1.29 is 18.4 Å².